The third kappa shape index (κ3) is 4.57. The van der Waals surface area contributed by atoms with Crippen molar-refractivity contribution in [2.45, 2.75) is 20.3 Å². The molecule has 0 unspecified atom stereocenters. The number of halogens is 1. The molecule has 2 amide bonds. The van der Waals surface area contributed by atoms with Crippen molar-refractivity contribution >= 4 is 34.8 Å². The van der Waals surface area contributed by atoms with Crippen molar-refractivity contribution in [3.63, 3.8) is 0 Å². The number of para-hydroxylation sites is 2. The molecule has 2 aromatic carbocycles. The van der Waals surface area contributed by atoms with E-state index in [2.05, 4.69) is 5.32 Å². The lowest BCUT2D eigenvalue weighted by molar-refractivity contribution is -0.117. The molecule has 0 spiro atoms. The van der Waals surface area contributed by atoms with Gasteiger partial charge >= 0.3 is 0 Å². The molecule has 0 bridgehead atoms. The molecule has 0 atom stereocenters. The molecule has 0 saturated heterocycles. The summed E-state index contributed by atoms with van der Waals surface area (Å²) < 4.78 is 0. The van der Waals surface area contributed by atoms with Crippen LogP contribution in [0.3, 0.4) is 0 Å². The molecule has 2 aromatic rings. The minimum Gasteiger partial charge on any atom is -0.326 e. The standard InChI is InChI=1S/C18H19ClN2O2/c1-13-7-3-5-9-16(13)20-18(23)11-12-21(14(2)22)17-10-6-4-8-15(17)19/h3-10H,11-12H2,1-2H3,(H,20,23). The van der Waals surface area contributed by atoms with Crippen LogP contribution in [-0.4, -0.2) is 18.4 Å². The molecule has 4 nitrogen and oxygen atoms in total. The second kappa shape index (κ2) is 7.79. The highest BCUT2D eigenvalue weighted by molar-refractivity contribution is 6.33. The van der Waals surface area contributed by atoms with Crippen LogP contribution >= 0.6 is 11.6 Å². The average Bonchev–Trinajstić information content (AvgIpc) is 2.51. The summed E-state index contributed by atoms with van der Waals surface area (Å²) in [5.74, 6) is -0.292. The molecule has 0 saturated carbocycles. The van der Waals surface area contributed by atoms with E-state index in [1.54, 1.807) is 18.2 Å². The molecule has 0 aliphatic carbocycles. The van der Waals surface area contributed by atoms with Crippen LogP contribution in [0.5, 0.6) is 0 Å². The Morgan fingerprint density at radius 3 is 2.39 bits per heavy atom. The highest BCUT2D eigenvalue weighted by Gasteiger charge is 2.16. The molecule has 0 heterocycles. The molecule has 0 aliphatic heterocycles. The number of amides is 2. The summed E-state index contributed by atoms with van der Waals surface area (Å²) in [5.41, 5.74) is 2.39. The lowest BCUT2D eigenvalue weighted by atomic mass is 10.2. The van der Waals surface area contributed by atoms with E-state index in [9.17, 15) is 9.59 Å². The largest absolute Gasteiger partial charge is 0.326 e. The van der Waals surface area contributed by atoms with Gasteiger partial charge in [-0.2, -0.15) is 0 Å². The maximum atomic E-state index is 12.1. The topological polar surface area (TPSA) is 49.4 Å². The molecule has 23 heavy (non-hydrogen) atoms. The number of benzene rings is 2. The fourth-order valence-electron chi connectivity index (χ4n) is 2.26. The Kier molecular flexibility index (Phi) is 5.77. The summed E-state index contributed by atoms with van der Waals surface area (Å²) in [7, 11) is 0. The van der Waals surface area contributed by atoms with E-state index in [0.717, 1.165) is 11.3 Å². The second-order valence-corrected chi connectivity index (χ2v) is 5.64. The minimum atomic E-state index is -0.151. The number of hydrogen-bond acceptors (Lipinski definition) is 2. The van der Waals surface area contributed by atoms with Crippen molar-refractivity contribution in [3.05, 3.63) is 59.1 Å². The minimum absolute atomic E-state index is 0.141. The normalized spacial score (nSPS) is 10.2. The Morgan fingerprint density at radius 1 is 1.09 bits per heavy atom. The Hall–Kier alpha value is -2.33. The molecule has 1 N–H and O–H groups in total. The van der Waals surface area contributed by atoms with E-state index in [1.807, 2.05) is 37.3 Å². The van der Waals surface area contributed by atoms with Crippen LogP contribution in [0.1, 0.15) is 18.9 Å². The zero-order valence-corrected chi connectivity index (χ0v) is 13.9. The first kappa shape index (κ1) is 17.0. The first-order valence-corrected chi connectivity index (χ1v) is 7.75. The summed E-state index contributed by atoms with van der Waals surface area (Å²) in [6, 6.07) is 14.7. The van der Waals surface area contributed by atoms with E-state index in [0.29, 0.717) is 10.7 Å². The van der Waals surface area contributed by atoms with Gasteiger partial charge in [-0.05, 0) is 30.7 Å². The van der Waals surface area contributed by atoms with Crippen molar-refractivity contribution in [1.29, 1.82) is 0 Å². The van der Waals surface area contributed by atoms with E-state index in [4.69, 9.17) is 11.6 Å². The van der Waals surface area contributed by atoms with Crippen LogP contribution in [0.4, 0.5) is 11.4 Å². The van der Waals surface area contributed by atoms with Crippen molar-refractivity contribution in [2.75, 3.05) is 16.8 Å². The highest BCUT2D eigenvalue weighted by atomic mass is 35.5. The predicted octanol–water partition coefficient (Wildman–Crippen LogP) is 4.03. The van der Waals surface area contributed by atoms with Gasteiger partial charge < -0.3 is 10.2 Å². The van der Waals surface area contributed by atoms with Gasteiger partial charge in [0.1, 0.15) is 0 Å². The van der Waals surface area contributed by atoms with Crippen LogP contribution in [0, 0.1) is 6.92 Å². The molecule has 2 rings (SSSR count). The lowest BCUT2D eigenvalue weighted by Crippen LogP contribution is -2.32. The van der Waals surface area contributed by atoms with Crippen LogP contribution in [0.2, 0.25) is 5.02 Å². The van der Waals surface area contributed by atoms with E-state index >= 15 is 0 Å². The van der Waals surface area contributed by atoms with Crippen molar-refractivity contribution in [1.82, 2.24) is 0 Å². The van der Waals surface area contributed by atoms with Gasteiger partial charge in [-0.3, -0.25) is 9.59 Å². The van der Waals surface area contributed by atoms with Gasteiger partial charge in [0.05, 0.1) is 10.7 Å². The van der Waals surface area contributed by atoms with E-state index < -0.39 is 0 Å². The average molecular weight is 331 g/mol. The molecule has 0 aromatic heterocycles. The monoisotopic (exact) mass is 330 g/mol. The number of anilines is 2. The van der Waals surface area contributed by atoms with Crippen LogP contribution in [0.15, 0.2) is 48.5 Å². The van der Waals surface area contributed by atoms with Crippen molar-refractivity contribution in [2.24, 2.45) is 0 Å². The SMILES string of the molecule is CC(=O)N(CCC(=O)Nc1ccccc1C)c1ccccc1Cl. The Balaban J connectivity index is 2.02. The van der Waals surface area contributed by atoms with E-state index in [1.165, 1.54) is 11.8 Å². The fourth-order valence-corrected chi connectivity index (χ4v) is 2.50. The fraction of sp³-hybridized carbons (Fsp3) is 0.222. The Labute approximate surface area is 141 Å². The smallest absolute Gasteiger partial charge is 0.226 e. The van der Waals surface area contributed by atoms with Gasteiger partial charge in [0.25, 0.3) is 0 Å². The number of nitrogens with one attached hydrogen (secondary N) is 1. The van der Waals surface area contributed by atoms with Crippen LogP contribution < -0.4 is 10.2 Å². The quantitative estimate of drug-likeness (QED) is 0.899. The van der Waals surface area contributed by atoms with Gasteiger partial charge in [0.2, 0.25) is 11.8 Å². The maximum absolute atomic E-state index is 12.1. The molecule has 0 fully saturated rings. The van der Waals surface area contributed by atoms with E-state index in [-0.39, 0.29) is 24.8 Å². The molecular weight excluding hydrogens is 312 g/mol. The summed E-state index contributed by atoms with van der Waals surface area (Å²) in [5, 5.41) is 3.35. The molecular formula is C18H19ClN2O2. The third-order valence-electron chi connectivity index (χ3n) is 3.50. The summed E-state index contributed by atoms with van der Waals surface area (Å²) in [6.45, 7) is 3.67. The molecule has 0 radical (unpaired) electrons. The summed E-state index contributed by atoms with van der Waals surface area (Å²) in [6.07, 6.45) is 0.194. The number of hydrogen-bond donors (Lipinski definition) is 1. The van der Waals surface area contributed by atoms with Gasteiger partial charge in [-0.25, -0.2) is 0 Å². The zero-order valence-electron chi connectivity index (χ0n) is 13.2. The number of rotatable bonds is 5. The van der Waals surface area contributed by atoms with Gasteiger partial charge in [-0.1, -0.05) is 41.9 Å². The lowest BCUT2D eigenvalue weighted by Gasteiger charge is -2.22. The van der Waals surface area contributed by atoms with Gasteiger partial charge in [0.15, 0.2) is 0 Å². The zero-order chi connectivity index (χ0) is 16.8. The molecule has 120 valence electrons. The number of carbonyl (C=O) groups excluding carboxylic acids is 2. The highest BCUT2D eigenvalue weighted by Crippen LogP contribution is 2.25. The maximum Gasteiger partial charge on any atom is 0.226 e. The van der Waals surface area contributed by atoms with Crippen LogP contribution in [0.25, 0.3) is 0 Å². The van der Waals surface area contributed by atoms with Crippen molar-refractivity contribution < 1.29 is 9.59 Å². The third-order valence-corrected chi connectivity index (χ3v) is 3.82. The summed E-state index contributed by atoms with van der Waals surface area (Å²) >= 11 is 6.13. The van der Waals surface area contributed by atoms with Crippen LogP contribution in [-0.2, 0) is 9.59 Å². The molecule has 0 aliphatic rings. The summed E-state index contributed by atoms with van der Waals surface area (Å²) in [4.78, 5) is 25.5. The first-order chi connectivity index (χ1) is 11.0. The predicted molar refractivity (Wildman–Crippen MR) is 93.9 cm³/mol. The second-order valence-electron chi connectivity index (χ2n) is 5.24. The Morgan fingerprint density at radius 2 is 1.74 bits per heavy atom. The van der Waals surface area contributed by atoms with Gasteiger partial charge in [-0.15, -0.1) is 0 Å². The Bertz CT molecular complexity index is 716. The van der Waals surface area contributed by atoms with Crippen molar-refractivity contribution in [3.8, 4) is 0 Å². The number of carbonyl (C=O) groups is 2. The first-order valence-electron chi connectivity index (χ1n) is 7.37. The number of aryl methyl sites for hydroxylation is 1. The van der Waals surface area contributed by atoms with Gasteiger partial charge in [0, 0.05) is 25.6 Å². The molecule has 5 heteroatoms. The number of nitrogens with zero attached hydrogens (tertiary/aromatic N) is 1.